The van der Waals surface area contributed by atoms with Gasteiger partial charge in [-0.05, 0) is 56.1 Å². The van der Waals surface area contributed by atoms with Crippen molar-refractivity contribution in [2.45, 2.75) is 19.4 Å². The molecule has 1 fully saturated rings. The molecule has 1 aromatic carbocycles. The van der Waals surface area contributed by atoms with E-state index in [1.54, 1.807) is 12.1 Å². The zero-order valence-electron chi connectivity index (χ0n) is 14.7. The highest BCUT2D eigenvalue weighted by Gasteiger charge is 2.20. The van der Waals surface area contributed by atoms with Gasteiger partial charge in [0, 0.05) is 19.3 Å². The number of likely N-dealkylation sites (tertiary alicyclic amines) is 1. The predicted octanol–water partition coefficient (Wildman–Crippen LogP) is 2.63. The molecule has 2 heterocycles. The minimum atomic E-state index is -0.458. The number of ether oxygens (including phenoxy) is 1. The van der Waals surface area contributed by atoms with Gasteiger partial charge in [-0.2, -0.15) is 0 Å². The molecule has 0 saturated carbocycles. The van der Waals surface area contributed by atoms with Gasteiger partial charge in [0.05, 0.1) is 5.69 Å². The second kappa shape index (κ2) is 9.29. The second-order valence-corrected chi connectivity index (χ2v) is 6.56. The van der Waals surface area contributed by atoms with Crippen LogP contribution in [0.15, 0.2) is 48.7 Å². The lowest BCUT2D eigenvalue weighted by atomic mass is 9.96. The van der Waals surface area contributed by atoms with E-state index in [-0.39, 0.29) is 18.3 Å². The second-order valence-electron chi connectivity index (χ2n) is 6.56. The van der Waals surface area contributed by atoms with Crippen LogP contribution in [0.5, 0.6) is 5.75 Å². The summed E-state index contributed by atoms with van der Waals surface area (Å²) in [5.74, 6) is -0.109. The lowest BCUT2D eigenvalue weighted by Crippen LogP contribution is -2.39. The van der Waals surface area contributed by atoms with E-state index >= 15 is 0 Å². The van der Waals surface area contributed by atoms with Crippen LogP contribution in [0.4, 0.5) is 4.39 Å². The van der Waals surface area contributed by atoms with Crippen molar-refractivity contribution in [3.05, 3.63) is 60.2 Å². The average Bonchev–Trinajstić information content (AvgIpc) is 2.68. The molecule has 1 amide bonds. The molecule has 0 aliphatic carbocycles. The molecule has 1 aliphatic heterocycles. The maximum absolute atomic E-state index is 13.4. The van der Waals surface area contributed by atoms with Crippen molar-refractivity contribution < 1.29 is 13.9 Å². The third-order valence-electron chi connectivity index (χ3n) is 4.60. The normalized spacial score (nSPS) is 15.6. The van der Waals surface area contributed by atoms with Crippen LogP contribution in [0.25, 0.3) is 0 Å². The van der Waals surface area contributed by atoms with Gasteiger partial charge >= 0.3 is 0 Å². The fourth-order valence-electron chi connectivity index (χ4n) is 3.08. The lowest BCUT2D eigenvalue weighted by molar-refractivity contribution is -0.123. The van der Waals surface area contributed by atoms with Crippen LogP contribution in [0.2, 0.25) is 0 Å². The summed E-state index contributed by atoms with van der Waals surface area (Å²) in [6.45, 7) is 3.35. The number of carbonyl (C=O) groups is 1. The summed E-state index contributed by atoms with van der Waals surface area (Å²) in [5, 5.41) is 2.89. The molecule has 1 aliphatic rings. The van der Waals surface area contributed by atoms with E-state index in [4.69, 9.17) is 4.74 Å². The van der Waals surface area contributed by atoms with Gasteiger partial charge in [0.2, 0.25) is 0 Å². The highest BCUT2D eigenvalue weighted by molar-refractivity contribution is 5.77. The van der Waals surface area contributed by atoms with Crippen molar-refractivity contribution in [2.75, 3.05) is 26.2 Å². The van der Waals surface area contributed by atoms with E-state index < -0.39 is 5.82 Å². The number of aromatic nitrogens is 1. The van der Waals surface area contributed by atoms with Crippen LogP contribution in [-0.4, -0.2) is 42.0 Å². The van der Waals surface area contributed by atoms with Crippen molar-refractivity contribution in [3.8, 4) is 5.75 Å². The van der Waals surface area contributed by atoms with Crippen molar-refractivity contribution in [1.82, 2.24) is 15.2 Å². The van der Waals surface area contributed by atoms with Crippen molar-refractivity contribution >= 4 is 5.91 Å². The summed E-state index contributed by atoms with van der Waals surface area (Å²) >= 11 is 0. The molecular formula is C20H24FN3O2. The Morgan fingerprint density at radius 2 is 1.96 bits per heavy atom. The molecule has 0 bridgehead atoms. The number of nitrogens with zero attached hydrogens (tertiary/aromatic N) is 2. The Balaban J connectivity index is 1.33. The van der Waals surface area contributed by atoms with E-state index in [9.17, 15) is 9.18 Å². The first-order valence-corrected chi connectivity index (χ1v) is 8.97. The highest BCUT2D eigenvalue weighted by Crippen LogP contribution is 2.18. The number of para-hydroxylation sites is 1. The first-order valence-electron chi connectivity index (χ1n) is 8.97. The SMILES string of the molecule is O=C(COc1ccccc1F)NCC1CCN(Cc2ccccn2)CC1. The van der Waals surface area contributed by atoms with Crippen LogP contribution in [0.1, 0.15) is 18.5 Å². The quantitative estimate of drug-likeness (QED) is 0.828. The number of nitrogens with one attached hydrogen (secondary N) is 1. The van der Waals surface area contributed by atoms with Crippen LogP contribution in [0, 0.1) is 11.7 Å². The first kappa shape index (κ1) is 18.3. The standard InChI is InChI=1S/C20H24FN3O2/c21-18-6-1-2-7-19(18)26-15-20(25)23-13-16-8-11-24(12-9-16)14-17-5-3-4-10-22-17/h1-7,10,16H,8-9,11-15H2,(H,23,25). The molecule has 0 radical (unpaired) electrons. The number of hydrogen-bond acceptors (Lipinski definition) is 4. The third kappa shape index (κ3) is 5.52. The summed E-state index contributed by atoms with van der Waals surface area (Å²) in [6, 6.07) is 12.1. The van der Waals surface area contributed by atoms with Crippen LogP contribution >= 0.6 is 0 Å². The molecule has 1 N–H and O–H groups in total. The van der Waals surface area contributed by atoms with E-state index in [0.717, 1.165) is 38.2 Å². The number of amides is 1. The fourth-order valence-corrected chi connectivity index (χ4v) is 3.08. The molecule has 138 valence electrons. The molecule has 0 atom stereocenters. The van der Waals surface area contributed by atoms with Gasteiger partial charge in [-0.15, -0.1) is 0 Å². The van der Waals surface area contributed by atoms with Gasteiger partial charge in [-0.25, -0.2) is 4.39 Å². The topological polar surface area (TPSA) is 54.5 Å². The molecule has 2 aromatic rings. The molecule has 0 spiro atoms. The summed E-state index contributed by atoms with van der Waals surface area (Å²) < 4.78 is 18.7. The zero-order valence-corrected chi connectivity index (χ0v) is 14.7. The highest BCUT2D eigenvalue weighted by atomic mass is 19.1. The minimum absolute atomic E-state index is 0.102. The lowest BCUT2D eigenvalue weighted by Gasteiger charge is -2.31. The number of rotatable bonds is 7. The molecular weight excluding hydrogens is 333 g/mol. The van der Waals surface area contributed by atoms with Gasteiger partial charge < -0.3 is 10.1 Å². The Morgan fingerprint density at radius 1 is 1.19 bits per heavy atom. The predicted molar refractivity (Wildman–Crippen MR) is 97.1 cm³/mol. The smallest absolute Gasteiger partial charge is 0.257 e. The number of hydrogen-bond donors (Lipinski definition) is 1. The Kier molecular flexibility index (Phi) is 6.55. The Bertz CT molecular complexity index is 703. The number of carbonyl (C=O) groups excluding carboxylic acids is 1. The van der Waals surface area contributed by atoms with Crippen LogP contribution in [0.3, 0.4) is 0 Å². The largest absolute Gasteiger partial charge is 0.481 e. The Morgan fingerprint density at radius 3 is 2.69 bits per heavy atom. The Labute approximate surface area is 153 Å². The fraction of sp³-hybridized carbons (Fsp3) is 0.400. The average molecular weight is 357 g/mol. The zero-order chi connectivity index (χ0) is 18.2. The van der Waals surface area contributed by atoms with Crippen LogP contribution < -0.4 is 10.1 Å². The number of pyridine rings is 1. The maximum atomic E-state index is 13.4. The molecule has 1 saturated heterocycles. The molecule has 6 heteroatoms. The maximum Gasteiger partial charge on any atom is 0.257 e. The van der Waals surface area contributed by atoms with E-state index in [2.05, 4.69) is 15.2 Å². The van der Waals surface area contributed by atoms with Gasteiger partial charge in [-0.3, -0.25) is 14.7 Å². The summed E-state index contributed by atoms with van der Waals surface area (Å²) in [5.41, 5.74) is 1.09. The Hall–Kier alpha value is -2.47. The molecule has 1 aromatic heterocycles. The van der Waals surface area contributed by atoms with Gasteiger partial charge in [0.25, 0.3) is 5.91 Å². The molecule has 3 rings (SSSR count). The number of benzene rings is 1. The minimum Gasteiger partial charge on any atom is -0.481 e. The van der Waals surface area contributed by atoms with Gasteiger partial charge in [0.15, 0.2) is 18.2 Å². The summed E-state index contributed by atoms with van der Waals surface area (Å²) in [4.78, 5) is 18.7. The first-order chi connectivity index (χ1) is 12.7. The van der Waals surface area contributed by atoms with E-state index in [1.807, 2.05) is 24.4 Å². The van der Waals surface area contributed by atoms with E-state index in [1.165, 1.54) is 12.1 Å². The third-order valence-corrected chi connectivity index (χ3v) is 4.60. The monoisotopic (exact) mass is 357 g/mol. The molecule has 0 unspecified atom stereocenters. The van der Waals surface area contributed by atoms with Crippen LogP contribution in [-0.2, 0) is 11.3 Å². The van der Waals surface area contributed by atoms with Crippen molar-refractivity contribution in [1.29, 1.82) is 0 Å². The van der Waals surface area contributed by atoms with Gasteiger partial charge in [0.1, 0.15) is 0 Å². The molecule has 26 heavy (non-hydrogen) atoms. The van der Waals surface area contributed by atoms with Crippen molar-refractivity contribution in [2.24, 2.45) is 5.92 Å². The summed E-state index contributed by atoms with van der Waals surface area (Å²) in [6.07, 6.45) is 3.91. The summed E-state index contributed by atoms with van der Waals surface area (Å²) in [7, 11) is 0. The van der Waals surface area contributed by atoms with Crippen molar-refractivity contribution in [3.63, 3.8) is 0 Å². The van der Waals surface area contributed by atoms with E-state index in [0.29, 0.717) is 12.5 Å². The molecule has 5 nitrogen and oxygen atoms in total. The number of piperidine rings is 1. The number of halogens is 1. The van der Waals surface area contributed by atoms with Gasteiger partial charge in [-0.1, -0.05) is 18.2 Å².